The van der Waals surface area contributed by atoms with Gasteiger partial charge in [0, 0.05) is 31.9 Å². The predicted octanol–water partition coefficient (Wildman–Crippen LogP) is 3.71. The van der Waals surface area contributed by atoms with Crippen LogP contribution < -0.4 is 13.8 Å². The number of amides is 1. The van der Waals surface area contributed by atoms with Crippen LogP contribution in [0.25, 0.3) is 0 Å². The minimum absolute atomic E-state index is 0.0454. The van der Waals surface area contributed by atoms with Gasteiger partial charge in [-0.25, -0.2) is 4.21 Å². The molecule has 184 valence electrons. The minimum atomic E-state index is -1.35. The third-order valence-electron chi connectivity index (χ3n) is 6.51. The van der Waals surface area contributed by atoms with Crippen LogP contribution in [0.15, 0.2) is 53.4 Å². The Kier molecular flexibility index (Phi) is 8.45. The SMILES string of the molecule is CCOc1ccc(S(=O)N(C)c2ccc(OCC(=O)N3CCCC3CN3CCCC3)cc2)cc1. The molecule has 2 aromatic rings. The fourth-order valence-corrected chi connectivity index (χ4v) is 5.67. The quantitative estimate of drug-likeness (QED) is 0.513. The molecule has 2 fully saturated rings. The van der Waals surface area contributed by atoms with Crippen LogP contribution in [-0.4, -0.2) is 72.4 Å². The largest absolute Gasteiger partial charge is 0.494 e. The number of nitrogens with zero attached hydrogens (tertiary/aromatic N) is 3. The lowest BCUT2D eigenvalue weighted by Crippen LogP contribution is -2.44. The molecule has 2 aromatic carbocycles. The van der Waals surface area contributed by atoms with Crippen LogP contribution in [0.4, 0.5) is 5.69 Å². The number of benzene rings is 2. The number of likely N-dealkylation sites (tertiary alicyclic amines) is 2. The monoisotopic (exact) mass is 485 g/mol. The van der Waals surface area contributed by atoms with E-state index in [1.54, 1.807) is 11.4 Å². The first-order valence-electron chi connectivity index (χ1n) is 12.2. The molecule has 4 rings (SSSR count). The van der Waals surface area contributed by atoms with Gasteiger partial charge in [0.25, 0.3) is 5.91 Å². The first-order valence-corrected chi connectivity index (χ1v) is 13.3. The summed E-state index contributed by atoms with van der Waals surface area (Å²) in [7, 11) is 0.446. The Labute approximate surface area is 205 Å². The van der Waals surface area contributed by atoms with Crippen molar-refractivity contribution >= 4 is 22.6 Å². The Bertz CT molecular complexity index is 961. The third kappa shape index (κ3) is 6.10. The minimum Gasteiger partial charge on any atom is -0.494 e. The fraction of sp³-hybridized carbons (Fsp3) is 0.500. The van der Waals surface area contributed by atoms with Crippen molar-refractivity contribution in [3.63, 3.8) is 0 Å². The van der Waals surface area contributed by atoms with E-state index in [9.17, 15) is 9.00 Å². The fourth-order valence-electron chi connectivity index (χ4n) is 4.67. The summed E-state index contributed by atoms with van der Waals surface area (Å²) < 4.78 is 25.9. The van der Waals surface area contributed by atoms with E-state index in [1.165, 1.54) is 12.8 Å². The van der Waals surface area contributed by atoms with Gasteiger partial charge in [-0.3, -0.25) is 9.10 Å². The predicted molar refractivity (Wildman–Crippen MR) is 135 cm³/mol. The Morgan fingerprint density at radius 1 is 0.971 bits per heavy atom. The molecule has 34 heavy (non-hydrogen) atoms. The Balaban J connectivity index is 1.29. The molecule has 0 aliphatic carbocycles. The average Bonchev–Trinajstić information content (AvgIpc) is 3.55. The highest BCUT2D eigenvalue weighted by molar-refractivity contribution is 7.86. The molecule has 2 saturated heterocycles. The molecule has 8 heteroatoms. The molecule has 2 heterocycles. The highest BCUT2D eigenvalue weighted by Gasteiger charge is 2.30. The highest BCUT2D eigenvalue weighted by atomic mass is 32.2. The van der Waals surface area contributed by atoms with Gasteiger partial charge >= 0.3 is 0 Å². The molecule has 0 spiro atoms. The van der Waals surface area contributed by atoms with E-state index >= 15 is 0 Å². The molecule has 2 unspecified atom stereocenters. The summed E-state index contributed by atoms with van der Waals surface area (Å²) in [6.07, 6.45) is 4.68. The van der Waals surface area contributed by atoms with E-state index in [2.05, 4.69) is 4.90 Å². The van der Waals surface area contributed by atoms with Gasteiger partial charge in [-0.15, -0.1) is 0 Å². The van der Waals surface area contributed by atoms with Crippen molar-refractivity contribution in [1.82, 2.24) is 9.80 Å². The van der Waals surface area contributed by atoms with Crippen molar-refractivity contribution in [2.45, 2.75) is 43.5 Å². The molecule has 1 amide bonds. The second kappa shape index (κ2) is 11.7. The van der Waals surface area contributed by atoms with E-state index in [1.807, 2.05) is 60.4 Å². The molecule has 2 aliphatic rings. The normalized spacial score (nSPS) is 19.2. The van der Waals surface area contributed by atoms with Crippen LogP contribution in [0.5, 0.6) is 11.5 Å². The number of hydrogen-bond donors (Lipinski definition) is 0. The Hall–Kier alpha value is -2.58. The molecule has 0 saturated carbocycles. The lowest BCUT2D eigenvalue weighted by molar-refractivity contribution is -0.134. The number of rotatable bonds is 10. The van der Waals surface area contributed by atoms with Crippen LogP contribution in [0.3, 0.4) is 0 Å². The van der Waals surface area contributed by atoms with E-state index in [4.69, 9.17) is 9.47 Å². The summed E-state index contributed by atoms with van der Waals surface area (Å²) in [5.74, 6) is 1.45. The van der Waals surface area contributed by atoms with Gasteiger partial charge in [0.15, 0.2) is 17.6 Å². The second-order valence-electron chi connectivity index (χ2n) is 8.82. The van der Waals surface area contributed by atoms with Gasteiger partial charge in [-0.05, 0) is 94.2 Å². The van der Waals surface area contributed by atoms with Crippen LogP contribution in [-0.2, 0) is 15.8 Å². The first-order chi connectivity index (χ1) is 16.5. The summed E-state index contributed by atoms with van der Waals surface area (Å²) in [6, 6.07) is 15.0. The molecule has 0 bridgehead atoms. The van der Waals surface area contributed by atoms with Crippen LogP contribution >= 0.6 is 0 Å². The van der Waals surface area contributed by atoms with Crippen LogP contribution in [0, 0.1) is 0 Å². The van der Waals surface area contributed by atoms with E-state index in [0.29, 0.717) is 23.3 Å². The van der Waals surface area contributed by atoms with E-state index < -0.39 is 11.0 Å². The van der Waals surface area contributed by atoms with Gasteiger partial charge in [0.2, 0.25) is 0 Å². The van der Waals surface area contributed by atoms with E-state index in [-0.39, 0.29) is 12.5 Å². The van der Waals surface area contributed by atoms with E-state index in [0.717, 1.165) is 50.5 Å². The van der Waals surface area contributed by atoms with Gasteiger partial charge in [0.05, 0.1) is 11.5 Å². The summed E-state index contributed by atoms with van der Waals surface area (Å²) in [4.78, 5) is 18.0. The number of ether oxygens (including phenoxy) is 2. The average molecular weight is 486 g/mol. The number of carbonyl (C=O) groups is 1. The van der Waals surface area contributed by atoms with Crippen molar-refractivity contribution in [2.24, 2.45) is 0 Å². The van der Waals surface area contributed by atoms with Gasteiger partial charge in [-0.1, -0.05) is 0 Å². The zero-order valence-corrected chi connectivity index (χ0v) is 21.0. The topological polar surface area (TPSA) is 62.3 Å². The highest BCUT2D eigenvalue weighted by Crippen LogP contribution is 2.24. The molecule has 0 aromatic heterocycles. The zero-order chi connectivity index (χ0) is 23.9. The maximum Gasteiger partial charge on any atom is 0.260 e. The van der Waals surface area contributed by atoms with Crippen molar-refractivity contribution in [2.75, 3.05) is 50.7 Å². The standard InChI is InChI=1S/C26H35N3O4S/c1-3-32-23-12-14-25(15-13-23)34(31)27(2)21-8-10-24(11-9-21)33-20-26(30)29-18-6-7-22(29)19-28-16-4-5-17-28/h8-15,22H,3-7,16-20H2,1-2H3. The first kappa shape index (κ1) is 24.5. The van der Waals surface area contributed by atoms with Gasteiger partial charge in [-0.2, -0.15) is 0 Å². The lowest BCUT2D eigenvalue weighted by Gasteiger charge is -2.28. The van der Waals surface area contributed by atoms with Gasteiger partial charge < -0.3 is 19.3 Å². The van der Waals surface area contributed by atoms with Crippen molar-refractivity contribution in [3.05, 3.63) is 48.5 Å². The third-order valence-corrected chi connectivity index (χ3v) is 7.90. The maximum atomic E-state index is 12.9. The zero-order valence-electron chi connectivity index (χ0n) is 20.2. The molecular weight excluding hydrogens is 450 g/mol. The Morgan fingerprint density at radius 2 is 1.62 bits per heavy atom. The summed E-state index contributed by atoms with van der Waals surface area (Å²) in [5, 5.41) is 0. The molecular formula is C26H35N3O4S. The number of hydrogen-bond acceptors (Lipinski definition) is 5. The Morgan fingerprint density at radius 3 is 2.29 bits per heavy atom. The van der Waals surface area contributed by atoms with Crippen molar-refractivity contribution in [3.8, 4) is 11.5 Å². The lowest BCUT2D eigenvalue weighted by atomic mass is 10.2. The maximum absolute atomic E-state index is 12.9. The molecule has 2 aliphatic heterocycles. The van der Waals surface area contributed by atoms with Crippen molar-refractivity contribution < 1.29 is 18.5 Å². The van der Waals surface area contributed by atoms with Crippen molar-refractivity contribution in [1.29, 1.82) is 0 Å². The molecule has 2 atom stereocenters. The summed E-state index contributed by atoms with van der Waals surface area (Å²) in [6.45, 7) is 6.68. The number of carbonyl (C=O) groups excluding carboxylic acids is 1. The smallest absolute Gasteiger partial charge is 0.260 e. The molecule has 7 nitrogen and oxygen atoms in total. The molecule has 0 N–H and O–H groups in total. The van der Waals surface area contributed by atoms with Crippen LogP contribution in [0.1, 0.15) is 32.6 Å². The number of anilines is 1. The molecule has 0 radical (unpaired) electrons. The summed E-state index contributed by atoms with van der Waals surface area (Å²) in [5.41, 5.74) is 0.802. The second-order valence-corrected chi connectivity index (χ2v) is 10.3. The van der Waals surface area contributed by atoms with Crippen LogP contribution in [0.2, 0.25) is 0 Å². The van der Waals surface area contributed by atoms with Gasteiger partial charge in [0.1, 0.15) is 11.5 Å². The summed E-state index contributed by atoms with van der Waals surface area (Å²) >= 11 is 0.